The van der Waals surface area contributed by atoms with Gasteiger partial charge < -0.3 is 31.1 Å². The van der Waals surface area contributed by atoms with Gasteiger partial charge in [-0.3, -0.25) is 0 Å². The first-order valence-electron chi connectivity index (χ1n) is 4.67. The standard InChI is InChI=1S/C8H18N2O4/c1-9-2-4-7(13)8(14)6(10-4)5(12)3-11/h4-14H,2-3H2,1H3/t4-,5-,6+,7+,8+/m1/s1. The Morgan fingerprint density at radius 2 is 2.00 bits per heavy atom. The van der Waals surface area contributed by atoms with Crippen molar-refractivity contribution < 1.29 is 20.4 Å². The molecule has 0 aromatic rings. The van der Waals surface area contributed by atoms with Gasteiger partial charge in [0.05, 0.1) is 31.0 Å². The summed E-state index contributed by atoms with van der Waals surface area (Å²) >= 11 is 0. The molecule has 0 amide bonds. The Balaban J connectivity index is 2.57. The summed E-state index contributed by atoms with van der Waals surface area (Å²) in [5.74, 6) is 0. The molecule has 1 heterocycles. The van der Waals surface area contributed by atoms with Crippen molar-refractivity contribution in [2.24, 2.45) is 0 Å². The second-order valence-electron chi connectivity index (χ2n) is 3.59. The number of rotatable bonds is 4. The molecule has 1 aliphatic heterocycles. The second-order valence-corrected chi connectivity index (χ2v) is 3.59. The van der Waals surface area contributed by atoms with Crippen molar-refractivity contribution in [2.45, 2.75) is 30.4 Å². The monoisotopic (exact) mass is 206 g/mol. The van der Waals surface area contributed by atoms with E-state index in [1.807, 2.05) is 0 Å². The highest BCUT2D eigenvalue weighted by Crippen LogP contribution is 2.16. The van der Waals surface area contributed by atoms with Gasteiger partial charge in [-0.2, -0.15) is 0 Å². The molecule has 14 heavy (non-hydrogen) atoms. The van der Waals surface area contributed by atoms with Gasteiger partial charge in [0.25, 0.3) is 0 Å². The van der Waals surface area contributed by atoms with E-state index in [4.69, 9.17) is 5.11 Å². The largest absolute Gasteiger partial charge is 0.394 e. The minimum atomic E-state index is -1.05. The summed E-state index contributed by atoms with van der Waals surface area (Å²) in [7, 11) is 1.73. The molecule has 0 aromatic carbocycles. The van der Waals surface area contributed by atoms with Gasteiger partial charge in [0.1, 0.15) is 0 Å². The number of hydrogen-bond donors (Lipinski definition) is 6. The van der Waals surface area contributed by atoms with Gasteiger partial charge in [0, 0.05) is 12.6 Å². The Morgan fingerprint density at radius 1 is 1.36 bits per heavy atom. The maximum absolute atomic E-state index is 9.56. The van der Waals surface area contributed by atoms with Gasteiger partial charge >= 0.3 is 0 Å². The summed E-state index contributed by atoms with van der Waals surface area (Å²) in [6, 6.07) is -0.977. The van der Waals surface area contributed by atoms with E-state index in [-0.39, 0.29) is 6.04 Å². The van der Waals surface area contributed by atoms with Crippen molar-refractivity contribution in [3.63, 3.8) is 0 Å². The van der Waals surface area contributed by atoms with Crippen molar-refractivity contribution in [3.05, 3.63) is 0 Å². The quantitative estimate of drug-likeness (QED) is 0.287. The third-order valence-corrected chi connectivity index (χ3v) is 2.56. The van der Waals surface area contributed by atoms with E-state index in [1.54, 1.807) is 7.05 Å². The smallest absolute Gasteiger partial charge is 0.0993 e. The summed E-state index contributed by atoms with van der Waals surface area (Å²) in [4.78, 5) is 0. The predicted octanol–water partition coefficient (Wildman–Crippen LogP) is -3.38. The number of nitrogens with one attached hydrogen (secondary N) is 2. The van der Waals surface area contributed by atoms with E-state index in [9.17, 15) is 15.3 Å². The zero-order valence-corrected chi connectivity index (χ0v) is 8.09. The Labute approximate surface area is 82.6 Å². The van der Waals surface area contributed by atoms with Crippen molar-refractivity contribution in [3.8, 4) is 0 Å². The first-order valence-corrected chi connectivity index (χ1v) is 4.67. The van der Waals surface area contributed by atoms with Crippen LogP contribution in [0.1, 0.15) is 0 Å². The molecule has 0 aliphatic carbocycles. The molecule has 84 valence electrons. The number of likely N-dealkylation sites (N-methyl/N-ethyl adjacent to an activating group) is 1. The average molecular weight is 206 g/mol. The fraction of sp³-hybridized carbons (Fsp3) is 1.00. The zero-order chi connectivity index (χ0) is 10.7. The van der Waals surface area contributed by atoms with E-state index >= 15 is 0 Å². The van der Waals surface area contributed by atoms with Gasteiger partial charge in [-0.25, -0.2) is 0 Å². The minimum Gasteiger partial charge on any atom is -0.394 e. The van der Waals surface area contributed by atoms with Crippen molar-refractivity contribution in [2.75, 3.05) is 20.2 Å². The molecular weight excluding hydrogens is 188 g/mol. The third-order valence-electron chi connectivity index (χ3n) is 2.56. The van der Waals surface area contributed by atoms with Crippen LogP contribution < -0.4 is 10.6 Å². The van der Waals surface area contributed by atoms with E-state index in [0.717, 1.165) is 0 Å². The van der Waals surface area contributed by atoms with Crippen LogP contribution >= 0.6 is 0 Å². The topological polar surface area (TPSA) is 105 Å². The molecule has 1 fully saturated rings. The van der Waals surface area contributed by atoms with Crippen molar-refractivity contribution >= 4 is 0 Å². The van der Waals surface area contributed by atoms with Crippen LogP contribution in [-0.4, -0.2) is 71.0 Å². The summed E-state index contributed by atoms with van der Waals surface area (Å²) in [6.07, 6.45) is -3.02. The van der Waals surface area contributed by atoms with Gasteiger partial charge in [-0.05, 0) is 7.05 Å². The van der Waals surface area contributed by atoms with E-state index in [0.29, 0.717) is 6.54 Å². The predicted molar refractivity (Wildman–Crippen MR) is 49.7 cm³/mol. The van der Waals surface area contributed by atoms with Crippen LogP contribution in [0.2, 0.25) is 0 Å². The molecule has 0 spiro atoms. The lowest BCUT2D eigenvalue weighted by Gasteiger charge is -2.19. The van der Waals surface area contributed by atoms with Crippen LogP contribution in [0.5, 0.6) is 0 Å². The Morgan fingerprint density at radius 3 is 2.50 bits per heavy atom. The van der Waals surface area contributed by atoms with Gasteiger partial charge in [0.15, 0.2) is 0 Å². The van der Waals surface area contributed by atoms with Crippen molar-refractivity contribution in [1.29, 1.82) is 0 Å². The highest BCUT2D eigenvalue weighted by atomic mass is 16.3. The molecule has 6 N–H and O–H groups in total. The van der Waals surface area contributed by atoms with Crippen LogP contribution in [-0.2, 0) is 0 Å². The Kier molecular flexibility index (Phi) is 4.24. The molecule has 1 rings (SSSR count). The van der Waals surface area contributed by atoms with Crippen molar-refractivity contribution in [1.82, 2.24) is 10.6 Å². The third kappa shape index (κ3) is 2.22. The summed E-state index contributed by atoms with van der Waals surface area (Å²) in [5, 5.41) is 42.9. The van der Waals surface area contributed by atoms with Crippen LogP contribution in [0.25, 0.3) is 0 Å². The molecule has 1 aliphatic rings. The highest BCUT2D eigenvalue weighted by Gasteiger charge is 2.43. The molecule has 0 saturated carbocycles. The van der Waals surface area contributed by atoms with Crippen LogP contribution in [0.4, 0.5) is 0 Å². The molecule has 6 nitrogen and oxygen atoms in total. The summed E-state index contributed by atoms with van der Waals surface area (Å²) < 4.78 is 0. The summed E-state index contributed by atoms with van der Waals surface area (Å²) in [6.45, 7) is 0.0561. The Hall–Kier alpha value is -0.240. The van der Waals surface area contributed by atoms with Crippen LogP contribution in [0.15, 0.2) is 0 Å². The van der Waals surface area contributed by atoms with E-state index in [1.165, 1.54) is 0 Å². The number of aliphatic hydroxyl groups is 4. The number of hydrogen-bond acceptors (Lipinski definition) is 6. The van der Waals surface area contributed by atoms with Crippen LogP contribution in [0.3, 0.4) is 0 Å². The maximum Gasteiger partial charge on any atom is 0.0993 e. The molecule has 0 unspecified atom stereocenters. The van der Waals surface area contributed by atoms with E-state index < -0.39 is 31.0 Å². The average Bonchev–Trinajstić information content (AvgIpc) is 2.46. The lowest BCUT2D eigenvalue weighted by atomic mass is 10.0. The first-order chi connectivity index (χ1) is 6.61. The lowest BCUT2D eigenvalue weighted by molar-refractivity contribution is -0.0128. The molecule has 1 saturated heterocycles. The Bertz CT molecular complexity index is 179. The molecule has 0 radical (unpaired) electrons. The fourth-order valence-corrected chi connectivity index (χ4v) is 1.75. The molecule has 0 aromatic heterocycles. The molecular formula is C8H18N2O4. The maximum atomic E-state index is 9.56. The number of aliphatic hydroxyl groups excluding tert-OH is 4. The normalized spacial score (nSPS) is 40.1. The molecule has 0 bridgehead atoms. The van der Waals surface area contributed by atoms with Gasteiger partial charge in [-0.15, -0.1) is 0 Å². The SMILES string of the molecule is CNC[C@H]1N[C@@H]([C@H](O)CO)[C@H](O)[C@H]1O. The molecule has 5 atom stereocenters. The minimum absolute atomic E-state index is 0.304. The lowest BCUT2D eigenvalue weighted by Crippen LogP contribution is -2.46. The van der Waals surface area contributed by atoms with Gasteiger partial charge in [-0.1, -0.05) is 0 Å². The fourth-order valence-electron chi connectivity index (χ4n) is 1.75. The summed E-state index contributed by atoms with van der Waals surface area (Å²) in [5.41, 5.74) is 0. The van der Waals surface area contributed by atoms with E-state index in [2.05, 4.69) is 10.6 Å². The highest BCUT2D eigenvalue weighted by molar-refractivity contribution is 5.01. The molecule has 6 heteroatoms. The second kappa shape index (κ2) is 5.01. The first kappa shape index (κ1) is 11.8. The van der Waals surface area contributed by atoms with Gasteiger partial charge in [0.2, 0.25) is 0 Å². The van der Waals surface area contributed by atoms with Crippen LogP contribution in [0, 0.1) is 0 Å². The zero-order valence-electron chi connectivity index (χ0n) is 8.09.